The standard InChI is InChI=1S/C10H12N4S/c1-6-3-4-12-10(13-6)9-7(2)14-8(5-11)15-9/h3-4H,5,11H2,1-2H3. The Morgan fingerprint density at radius 1 is 1.33 bits per heavy atom. The van der Waals surface area contributed by atoms with Gasteiger partial charge in [-0.2, -0.15) is 0 Å². The molecule has 0 aliphatic rings. The van der Waals surface area contributed by atoms with E-state index in [9.17, 15) is 0 Å². The molecule has 0 spiro atoms. The average Bonchev–Trinajstić information content (AvgIpc) is 2.60. The summed E-state index contributed by atoms with van der Waals surface area (Å²) in [6, 6.07) is 1.88. The molecule has 0 fully saturated rings. The third-order valence-corrected chi connectivity index (χ3v) is 3.19. The van der Waals surface area contributed by atoms with E-state index in [4.69, 9.17) is 5.73 Å². The van der Waals surface area contributed by atoms with Crippen molar-refractivity contribution >= 4 is 11.3 Å². The zero-order chi connectivity index (χ0) is 10.8. The largest absolute Gasteiger partial charge is 0.325 e. The minimum Gasteiger partial charge on any atom is -0.325 e. The molecular weight excluding hydrogens is 208 g/mol. The van der Waals surface area contributed by atoms with Gasteiger partial charge in [0.05, 0.1) is 10.6 Å². The van der Waals surface area contributed by atoms with Crippen molar-refractivity contribution in [2.24, 2.45) is 5.73 Å². The summed E-state index contributed by atoms with van der Waals surface area (Å²) in [5.41, 5.74) is 7.46. The molecule has 0 amide bonds. The number of aryl methyl sites for hydroxylation is 2. The fourth-order valence-electron chi connectivity index (χ4n) is 1.31. The molecule has 4 nitrogen and oxygen atoms in total. The molecule has 2 N–H and O–H groups in total. The molecule has 5 heteroatoms. The Balaban J connectivity index is 2.48. The zero-order valence-electron chi connectivity index (χ0n) is 8.69. The van der Waals surface area contributed by atoms with Gasteiger partial charge >= 0.3 is 0 Å². The van der Waals surface area contributed by atoms with E-state index in [1.807, 2.05) is 19.9 Å². The molecule has 0 bridgehead atoms. The van der Waals surface area contributed by atoms with Gasteiger partial charge in [-0.25, -0.2) is 15.0 Å². The first-order valence-electron chi connectivity index (χ1n) is 4.67. The number of nitrogens with two attached hydrogens (primary N) is 1. The van der Waals surface area contributed by atoms with E-state index >= 15 is 0 Å². The predicted octanol–water partition coefficient (Wildman–Crippen LogP) is 1.68. The van der Waals surface area contributed by atoms with Gasteiger partial charge in [0.15, 0.2) is 5.82 Å². The highest BCUT2D eigenvalue weighted by atomic mass is 32.1. The van der Waals surface area contributed by atoms with Crippen LogP contribution in [0.25, 0.3) is 10.7 Å². The fourth-order valence-corrected chi connectivity index (χ4v) is 2.19. The summed E-state index contributed by atoms with van der Waals surface area (Å²) in [5.74, 6) is 0.740. The SMILES string of the molecule is Cc1ccnc(-c2sc(CN)nc2C)n1. The van der Waals surface area contributed by atoms with Crippen molar-refractivity contribution in [2.45, 2.75) is 20.4 Å². The molecule has 2 rings (SSSR count). The van der Waals surface area contributed by atoms with E-state index in [-0.39, 0.29) is 0 Å². The van der Waals surface area contributed by atoms with Crippen LogP contribution in [0.5, 0.6) is 0 Å². The maximum atomic E-state index is 5.55. The van der Waals surface area contributed by atoms with Crippen molar-refractivity contribution in [3.8, 4) is 10.7 Å². The number of hydrogen-bond donors (Lipinski definition) is 1. The van der Waals surface area contributed by atoms with Crippen molar-refractivity contribution in [1.82, 2.24) is 15.0 Å². The second kappa shape index (κ2) is 4.04. The summed E-state index contributed by atoms with van der Waals surface area (Å²) in [6.45, 7) is 4.37. The van der Waals surface area contributed by atoms with Crippen molar-refractivity contribution in [3.05, 3.63) is 28.7 Å². The second-order valence-electron chi connectivity index (χ2n) is 3.25. The van der Waals surface area contributed by atoms with Gasteiger partial charge in [-0.3, -0.25) is 0 Å². The van der Waals surface area contributed by atoms with Crippen LogP contribution in [-0.4, -0.2) is 15.0 Å². The van der Waals surface area contributed by atoms with E-state index in [2.05, 4.69) is 15.0 Å². The van der Waals surface area contributed by atoms with Crippen LogP contribution in [0.1, 0.15) is 16.4 Å². The van der Waals surface area contributed by atoms with Gasteiger partial charge in [-0.15, -0.1) is 11.3 Å². The van der Waals surface area contributed by atoms with E-state index in [0.717, 1.165) is 27.1 Å². The first kappa shape index (κ1) is 10.2. The molecule has 0 saturated heterocycles. The van der Waals surface area contributed by atoms with Gasteiger partial charge in [-0.1, -0.05) is 0 Å². The minimum atomic E-state index is 0.470. The Hall–Kier alpha value is -1.33. The quantitative estimate of drug-likeness (QED) is 0.836. The van der Waals surface area contributed by atoms with E-state index in [1.54, 1.807) is 17.5 Å². The molecule has 2 aromatic heterocycles. The molecule has 0 aliphatic heterocycles. The van der Waals surface area contributed by atoms with Crippen LogP contribution in [0.3, 0.4) is 0 Å². The van der Waals surface area contributed by atoms with E-state index in [0.29, 0.717) is 6.54 Å². The highest BCUT2D eigenvalue weighted by Gasteiger charge is 2.10. The first-order chi connectivity index (χ1) is 7.20. The van der Waals surface area contributed by atoms with Gasteiger partial charge in [0.25, 0.3) is 0 Å². The van der Waals surface area contributed by atoms with Crippen molar-refractivity contribution in [3.63, 3.8) is 0 Å². The van der Waals surface area contributed by atoms with Crippen LogP contribution in [0.2, 0.25) is 0 Å². The third-order valence-electron chi connectivity index (χ3n) is 2.01. The molecule has 0 atom stereocenters. The van der Waals surface area contributed by atoms with Crippen LogP contribution in [0.4, 0.5) is 0 Å². The smallest absolute Gasteiger partial charge is 0.171 e. The Labute approximate surface area is 92.2 Å². The maximum Gasteiger partial charge on any atom is 0.171 e. The molecule has 2 aromatic rings. The number of rotatable bonds is 2. The molecule has 0 aromatic carbocycles. The van der Waals surface area contributed by atoms with Crippen molar-refractivity contribution in [2.75, 3.05) is 0 Å². The first-order valence-corrected chi connectivity index (χ1v) is 5.48. The molecular formula is C10H12N4S. The molecule has 0 unspecified atom stereocenters. The van der Waals surface area contributed by atoms with Gasteiger partial charge < -0.3 is 5.73 Å². The van der Waals surface area contributed by atoms with Crippen LogP contribution in [0, 0.1) is 13.8 Å². The lowest BCUT2D eigenvalue weighted by Gasteiger charge is -1.97. The van der Waals surface area contributed by atoms with Crippen LogP contribution >= 0.6 is 11.3 Å². The average molecular weight is 220 g/mol. The highest BCUT2D eigenvalue weighted by Crippen LogP contribution is 2.26. The Morgan fingerprint density at radius 2 is 2.13 bits per heavy atom. The van der Waals surface area contributed by atoms with Gasteiger partial charge in [-0.05, 0) is 19.9 Å². The molecule has 0 radical (unpaired) electrons. The van der Waals surface area contributed by atoms with Gasteiger partial charge in [0.2, 0.25) is 0 Å². The molecule has 15 heavy (non-hydrogen) atoms. The number of nitrogens with zero attached hydrogens (tertiary/aromatic N) is 3. The maximum absolute atomic E-state index is 5.55. The lowest BCUT2D eigenvalue weighted by atomic mass is 10.3. The topological polar surface area (TPSA) is 64.7 Å². The van der Waals surface area contributed by atoms with Gasteiger partial charge in [0, 0.05) is 18.4 Å². The summed E-state index contributed by atoms with van der Waals surface area (Å²) in [4.78, 5) is 14.0. The van der Waals surface area contributed by atoms with Crippen molar-refractivity contribution < 1.29 is 0 Å². The molecule has 2 heterocycles. The highest BCUT2D eigenvalue weighted by molar-refractivity contribution is 7.15. The summed E-state index contributed by atoms with van der Waals surface area (Å²) in [6.07, 6.45) is 1.76. The number of aromatic nitrogens is 3. The third kappa shape index (κ3) is 2.03. The molecule has 78 valence electrons. The summed E-state index contributed by atoms with van der Waals surface area (Å²) in [7, 11) is 0. The zero-order valence-corrected chi connectivity index (χ0v) is 9.51. The number of thiazole rings is 1. The predicted molar refractivity (Wildman–Crippen MR) is 60.5 cm³/mol. The summed E-state index contributed by atoms with van der Waals surface area (Å²) >= 11 is 1.56. The summed E-state index contributed by atoms with van der Waals surface area (Å²) < 4.78 is 0. The molecule has 0 aliphatic carbocycles. The van der Waals surface area contributed by atoms with E-state index < -0.39 is 0 Å². The lowest BCUT2D eigenvalue weighted by molar-refractivity contribution is 1.02. The lowest BCUT2D eigenvalue weighted by Crippen LogP contribution is -1.94. The monoisotopic (exact) mass is 220 g/mol. The minimum absolute atomic E-state index is 0.470. The van der Waals surface area contributed by atoms with Crippen molar-refractivity contribution in [1.29, 1.82) is 0 Å². The second-order valence-corrected chi connectivity index (χ2v) is 4.33. The Bertz CT molecular complexity index is 478. The molecule has 0 saturated carbocycles. The van der Waals surface area contributed by atoms with E-state index in [1.165, 1.54) is 0 Å². The fraction of sp³-hybridized carbons (Fsp3) is 0.300. The number of hydrogen-bond acceptors (Lipinski definition) is 5. The Kier molecular flexibility index (Phi) is 2.75. The van der Waals surface area contributed by atoms with Crippen LogP contribution in [0.15, 0.2) is 12.3 Å². The van der Waals surface area contributed by atoms with Crippen LogP contribution < -0.4 is 5.73 Å². The Morgan fingerprint density at radius 3 is 2.73 bits per heavy atom. The summed E-state index contributed by atoms with van der Waals surface area (Å²) in [5, 5.41) is 0.924. The van der Waals surface area contributed by atoms with Gasteiger partial charge in [0.1, 0.15) is 5.01 Å². The normalized spacial score (nSPS) is 10.6. The van der Waals surface area contributed by atoms with Crippen LogP contribution in [-0.2, 0) is 6.54 Å².